The lowest BCUT2D eigenvalue weighted by Crippen LogP contribution is -2.41. The molecule has 0 aliphatic rings. The van der Waals surface area contributed by atoms with Crippen molar-refractivity contribution in [2.75, 3.05) is 13.6 Å². The van der Waals surface area contributed by atoms with Crippen LogP contribution < -0.4 is 5.73 Å². The molecular weight excluding hydrogens is 232 g/mol. The van der Waals surface area contributed by atoms with Crippen LogP contribution >= 0.6 is 0 Å². The van der Waals surface area contributed by atoms with Crippen molar-refractivity contribution < 1.29 is 0 Å². The van der Waals surface area contributed by atoms with Gasteiger partial charge in [-0.2, -0.15) is 0 Å². The Morgan fingerprint density at radius 1 is 1.05 bits per heavy atom. The van der Waals surface area contributed by atoms with Gasteiger partial charge in [0.25, 0.3) is 0 Å². The van der Waals surface area contributed by atoms with Crippen molar-refractivity contribution in [1.29, 1.82) is 0 Å². The van der Waals surface area contributed by atoms with Crippen LogP contribution in [0.15, 0.2) is 6.07 Å². The van der Waals surface area contributed by atoms with E-state index in [4.69, 9.17) is 5.73 Å². The maximum absolute atomic E-state index is 5.92. The highest BCUT2D eigenvalue weighted by atomic mass is 15.1. The van der Waals surface area contributed by atoms with E-state index in [1.165, 1.54) is 27.8 Å². The first-order valence-corrected chi connectivity index (χ1v) is 7.26. The van der Waals surface area contributed by atoms with Gasteiger partial charge in [0, 0.05) is 19.1 Å². The Hall–Kier alpha value is -0.860. The highest BCUT2D eigenvalue weighted by Gasteiger charge is 2.19. The predicted molar refractivity (Wildman–Crippen MR) is 84.5 cm³/mol. The van der Waals surface area contributed by atoms with Crippen LogP contribution in [0.25, 0.3) is 0 Å². The van der Waals surface area contributed by atoms with E-state index in [0.717, 1.165) is 13.1 Å². The molecule has 0 aliphatic carbocycles. The molecule has 1 aromatic rings. The van der Waals surface area contributed by atoms with Crippen molar-refractivity contribution in [3.63, 3.8) is 0 Å². The fourth-order valence-electron chi connectivity index (χ4n) is 2.86. The van der Waals surface area contributed by atoms with Gasteiger partial charge in [-0.05, 0) is 68.5 Å². The van der Waals surface area contributed by atoms with Crippen LogP contribution in [-0.2, 0) is 6.54 Å². The summed E-state index contributed by atoms with van der Waals surface area (Å²) in [4.78, 5) is 2.40. The van der Waals surface area contributed by atoms with Crippen LogP contribution in [0.2, 0.25) is 0 Å². The molecule has 0 saturated heterocycles. The molecule has 0 fully saturated rings. The first kappa shape index (κ1) is 16.2. The zero-order chi connectivity index (χ0) is 14.7. The van der Waals surface area contributed by atoms with E-state index < -0.39 is 0 Å². The van der Waals surface area contributed by atoms with Gasteiger partial charge in [-0.25, -0.2) is 0 Å². The Bertz CT molecular complexity index is 409. The van der Waals surface area contributed by atoms with E-state index >= 15 is 0 Å². The van der Waals surface area contributed by atoms with Gasteiger partial charge in [-0.15, -0.1) is 0 Å². The third-order valence-electron chi connectivity index (χ3n) is 4.51. The van der Waals surface area contributed by atoms with Crippen molar-refractivity contribution in [3.05, 3.63) is 33.9 Å². The summed E-state index contributed by atoms with van der Waals surface area (Å²) in [5.74, 6) is 0.585. The number of nitrogens with two attached hydrogens (primary N) is 1. The maximum Gasteiger partial charge on any atom is 0.0241 e. The maximum atomic E-state index is 5.92. The van der Waals surface area contributed by atoms with Gasteiger partial charge in [-0.1, -0.05) is 19.9 Å². The molecule has 0 bridgehead atoms. The summed E-state index contributed by atoms with van der Waals surface area (Å²) in [6.07, 6.45) is 0. The van der Waals surface area contributed by atoms with Crippen LogP contribution in [0.3, 0.4) is 0 Å². The van der Waals surface area contributed by atoms with Crippen molar-refractivity contribution in [3.8, 4) is 0 Å². The van der Waals surface area contributed by atoms with Gasteiger partial charge in [-0.3, -0.25) is 4.90 Å². The quantitative estimate of drug-likeness (QED) is 0.882. The zero-order valence-corrected chi connectivity index (χ0v) is 13.7. The molecule has 0 spiro atoms. The minimum absolute atomic E-state index is 0.444. The second-order valence-electron chi connectivity index (χ2n) is 6.20. The second kappa shape index (κ2) is 6.53. The van der Waals surface area contributed by atoms with E-state index in [-0.39, 0.29) is 0 Å². The number of hydrogen-bond acceptors (Lipinski definition) is 2. The first-order valence-electron chi connectivity index (χ1n) is 7.26. The lowest BCUT2D eigenvalue weighted by Gasteiger charge is -2.31. The lowest BCUT2D eigenvalue weighted by atomic mass is 9.93. The number of benzene rings is 1. The molecule has 0 aliphatic heterocycles. The molecule has 1 rings (SSSR count). The number of likely N-dealkylation sites (N-methyl/N-ethyl adjacent to an activating group) is 1. The van der Waals surface area contributed by atoms with E-state index in [9.17, 15) is 0 Å². The third-order valence-corrected chi connectivity index (χ3v) is 4.51. The normalized spacial score (nSPS) is 13.4. The molecule has 0 amide bonds. The summed E-state index contributed by atoms with van der Waals surface area (Å²) in [6.45, 7) is 15.1. The average molecular weight is 262 g/mol. The Kier molecular flexibility index (Phi) is 5.57. The van der Waals surface area contributed by atoms with Crippen molar-refractivity contribution >= 4 is 0 Å². The summed E-state index contributed by atoms with van der Waals surface area (Å²) >= 11 is 0. The Labute approximate surface area is 119 Å². The fraction of sp³-hybridized carbons (Fsp3) is 0.647. The molecule has 0 aromatic heterocycles. The van der Waals surface area contributed by atoms with Crippen LogP contribution in [-0.4, -0.2) is 24.5 Å². The second-order valence-corrected chi connectivity index (χ2v) is 6.20. The number of aryl methyl sites for hydroxylation is 2. The summed E-state index contributed by atoms with van der Waals surface area (Å²) in [5, 5.41) is 0. The standard InChI is InChI=1S/C17H30N2/c1-11(2)17(9-18)19(7)10-16-14(5)12(3)8-13(4)15(16)6/h8,11,17H,9-10,18H2,1-7H3. The largest absolute Gasteiger partial charge is 0.329 e. The molecular formula is C17H30N2. The molecule has 0 saturated carbocycles. The van der Waals surface area contributed by atoms with E-state index in [1.807, 2.05) is 0 Å². The molecule has 0 radical (unpaired) electrons. The Morgan fingerprint density at radius 3 is 1.89 bits per heavy atom. The molecule has 2 N–H and O–H groups in total. The molecule has 108 valence electrons. The molecule has 1 atom stereocenters. The molecule has 19 heavy (non-hydrogen) atoms. The van der Waals surface area contributed by atoms with Crippen LogP contribution in [0, 0.1) is 33.6 Å². The zero-order valence-electron chi connectivity index (χ0n) is 13.7. The van der Waals surface area contributed by atoms with Gasteiger partial charge < -0.3 is 5.73 Å². The average Bonchev–Trinajstić information content (AvgIpc) is 2.32. The van der Waals surface area contributed by atoms with Gasteiger partial charge in [0.15, 0.2) is 0 Å². The monoisotopic (exact) mass is 262 g/mol. The SMILES string of the molecule is Cc1cc(C)c(C)c(CN(C)C(CN)C(C)C)c1C. The summed E-state index contributed by atoms with van der Waals surface area (Å²) in [6, 6.07) is 2.73. The van der Waals surface area contributed by atoms with E-state index in [2.05, 4.69) is 59.6 Å². The topological polar surface area (TPSA) is 29.3 Å². The highest BCUT2D eigenvalue weighted by molar-refractivity contribution is 5.43. The Morgan fingerprint density at radius 2 is 1.53 bits per heavy atom. The van der Waals surface area contributed by atoms with Gasteiger partial charge >= 0.3 is 0 Å². The highest BCUT2D eigenvalue weighted by Crippen LogP contribution is 2.24. The minimum atomic E-state index is 0.444. The summed E-state index contributed by atoms with van der Waals surface area (Å²) in [7, 11) is 2.19. The van der Waals surface area contributed by atoms with E-state index in [0.29, 0.717) is 12.0 Å². The van der Waals surface area contributed by atoms with Crippen LogP contribution in [0.1, 0.15) is 41.7 Å². The summed E-state index contributed by atoms with van der Waals surface area (Å²) in [5.41, 5.74) is 13.0. The lowest BCUT2D eigenvalue weighted by molar-refractivity contribution is 0.189. The van der Waals surface area contributed by atoms with Crippen molar-refractivity contribution in [2.45, 2.75) is 54.1 Å². The predicted octanol–water partition coefficient (Wildman–Crippen LogP) is 3.34. The third kappa shape index (κ3) is 3.58. The summed E-state index contributed by atoms with van der Waals surface area (Å²) < 4.78 is 0. The number of nitrogens with zero attached hydrogens (tertiary/aromatic N) is 1. The minimum Gasteiger partial charge on any atom is -0.329 e. The fourth-order valence-corrected chi connectivity index (χ4v) is 2.86. The van der Waals surface area contributed by atoms with Crippen molar-refractivity contribution in [2.24, 2.45) is 11.7 Å². The molecule has 0 heterocycles. The smallest absolute Gasteiger partial charge is 0.0241 e. The van der Waals surface area contributed by atoms with Gasteiger partial charge in [0.2, 0.25) is 0 Å². The van der Waals surface area contributed by atoms with Gasteiger partial charge in [0.05, 0.1) is 0 Å². The van der Waals surface area contributed by atoms with Crippen molar-refractivity contribution in [1.82, 2.24) is 4.90 Å². The molecule has 1 aromatic carbocycles. The van der Waals surface area contributed by atoms with Crippen LogP contribution in [0.5, 0.6) is 0 Å². The molecule has 1 unspecified atom stereocenters. The molecule has 2 heteroatoms. The number of hydrogen-bond donors (Lipinski definition) is 1. The van der Waals surface area contributed by atoms with Gasteiger partial charge in [0.1, 0.15) is 0 Å². The number of rotatable bonds is 5. The first-order chi connectivity index (χ1) is 8.79. The van der Waals surface area contributed by atoms with Crippen LogP contribution in [0.4, 0.5) is 0 Å². The molecule has 2 nitrogen and oxygen atoms in total. The Balaban J connectivity index is 3.05. The van der Waals surface area contributed by atoms with E-state index in [1.54, 1.807) is 0 Å².